The Hall–Kier alpha value is -1.17. The van der Waals surface area contributed by atoms with Crippen molar-refractivity contribution in [1.29, 1.82) is 0 Å². The van der Waals surface area contributed by atoms with Gasteiger partial charge in [-0.05, 0) is 30.7 Å². The zero-order valence-electron chi connectivity index (χ0n) is 11.5. The number of nitro benzene ring substituents is 1. The van der Waals surface area contributed by atoms with Gasteiger partial charge in [-0.3, -0.25) is 10.1 Å². The summed E-state index contributed by atoms with van der Waals surface area (Å²) in [5.41, 5.74) is 0.944. The topological polar surface area (TPSA) is 64.4 Å². The van der Waals surface area contributed by atoms with Gasteiger partial charge in [0.1, 0.15) is 0 Å². The van der Waals surface area contributed by atoms with Gasteiger partial charge in [-0.25, -0.2) is 0 Å². The Bertz CT molecular complexity index is 489. The van der Waals surface area contributed by atoms with Crippen molar-refractivity contribution in [3.05, 3.63) is 38.9 Å². The van der Waals surface area contributed by atoms with Crippen LogP contribution in [0.3, 0.4) is 0 Å². The van der Waals surface area contributed by atoms with Crippen molar-refractivity contribution in [2.75, 3.05) is 20.3 Å². The molecule has 0 aliphatic heterocycles. The number of rotatable bonds is 8. The molecule has 1 aromatic carbocycles. The van der Waals surface area contributed by atoms with Crippen LogP contribution in [0.4, 0.5) is 5.69 Å². The van der Waals surface area contributed by atoms with Gasteiger partial charge >= 0.3 is 0 Å². The lowest BCUT2D eigenvalue weighted by molar-refractivity contribution is -0.385. The summed E-state index contributed by atoms with van der Waals surface area (Å²) in [6.45, 7) is 2.03. The average molecular weight is 299 g/mol. The largest absolute Gasteiger partial charge is 0.385 e. The predicted molar refractivity (Wildman–Crippen MR) is 78.0 cm³/mol. The van der Waals surface area contributed by atoms with Crippen molar-refractivity contribution in [3.8, 4) is 0 Å². The first kappa shape index (κ1) is 15.2. The number of halogens is 1. The molecule has 1 fully saturated rings. The van der Waals surface area contributed by atoms with Gasteiger partial charge in [-0.2, -0.15) is 0 Å². The predicted octanol–water partition coefficient (Wildman–Crippen LogP) is 3.15. The Morgan fingerprint density at radius 3 is 2.85 bits per heavy atom. The molecule has 0 radical (unpaired) electrons. The van der Waals surface area contributed by atoms with Gasteiger partial charge < -0.3 is 10.1 Å². The molecule has 1 saturated carbocycles. The van der Waals surface area contributed by atoms with Crippen molar-refractivity contribution in [2.45, 2.75) is 25.8 Å². The van der Waals surface area contributed by atoms with E-state index in [2.05, 4.69) is 5.32 Å². The maximum atomic E-state index is 11.0. The van der Waals surface area contributed by atoms with E-state index in [0.717, 1.165) is 19.6 Å². The summed E-state index contributed by atoms with van der Waals surface area (Å²) in [6.07, 6.45) is 3.41. The quantitative estimate of drug-likeness (QED) is 0.591. The number of ether oxygens (including phenoxy) is 1. The minimum Gasteiger partial charge on any atom is -0.385 e. The lowest BCUT2D eigenvalue weighted by Crippen LogP contribution is -2.25. The highest BCUT2D eigenvalue weighted by molar-refractivity contribution is 6.31. The fourth-order valence-electron chi connectivity index (χ4n) is 2.36. The SMILES string of the molecule is COCCC1(CNCc2c(Cl)cccc2[N+](=O)[O-])CC1. The number of nitrogens with one attached hydrogen (secondary N) is 1. The van der Waals surface area contributed by atoms with Crippen LogP contribution in [0.5, 0.6) is 0 Å². The highest BCUT2D eigenvalue weighted by Crippen LogP contribution is 2.48. The van der Waals surface area contributed by atoms with E-state index in [-0.39, 0.29) is 10.6 Å². The summed E-state index contributed by atoms with van der Waals surface area (Å²) in [6, 6.07) is 4.77. The van der Waals surface area contributed by atoms with E-state index in [1.807, 2.05) is 0 Å². The van der Waals surface area contributed by atoms with Crippen LogP contribution >= 0.6 is 11.6 Å². The number of benzene rings is 1. The number of nitrogens with zero attached hydrogens (tertiary/aromatic N) is 1. The standard InChI is InChI=1S/C14H19ClN2O3/c1-20-8-7-14(5-6-14)10-16-9-11-12(15)3-2-4-13(11)17(18)19/h2-4,16H,5-10H2,1H3. The highest BCUT2D eigenvalue weighted by Gasteiger charge is 2.41. The molecule has 2 rings (SSSR count). The van der Waals surface area contributed by atoms with Gasteiger partial charge in [-0.15, -0.1) is 0 Å². The van der Waals surface area contributed by atoms with Crippen molar-refractivity contribution >= 4 is 17.3 Å². The zero-order valence-corrected chi connectivity index (χ0v) is 12.3. The van der Waals surface area contributed by atoms with E-state index in [9.17, 15) is 10.1 Å². The summed E-state index contributed by atoms with van der Waals surface area (Å²) in [7, 11) is 1.70. The van der Waals surface area contributed by atoms with Gasteiger partial charge in [0.15, 0.2) is 0 Å². The molecule has 5 nitrogen and oxygen atoms in total. The summed E-state index contributed by atoms with van der Waals surface area (Å²) in [5, 5.41) is 14.7. The second-order valence-corrected chi connectivity index (χ2v) is 5.75. The Balaban J connectivity index is 1.93. The molecule has 1 aliphatic rings. The van der Waals surface area contributed by atoms with Crippen LogP contribution in [0.25, 0.3) is 0 Å². The summed E-state index contributed by atoms with van der Waals surface area (Å²) in [5.74, 6) is 0. The molecule has 0 atom stereocenters. The molecule has 20 heavy (non-hydrogen) atoms. The Morgan fingerprint density at radius 2 is 2.25 bits per heavy atom. The van der Waals surface area contributed by atoms with Crippen molar-refractivity contribution in [3.63, 3.8) is 0 Å². The third-order valence-electron chi connectivity index (χ3n) is 3.89. The number of hydrogen-bond donors (Lipinski definition) is 1. The fourth-order valence-corrected chi connectivity index (χ4v) is 2.59. The molecular formula is C14H19ClN2O3. The first-order valence-corrected chi connectivity index (χ1v) is 7.07. The van der Waals surface area contributed by atoms with Gasteiger partial charge in [0, 0.05) is 32.9 Å². The van der Waals surface area contributed by atoms with Crippen LogP contribution in [0.1, 0.15) is 24.8 Å². The van der Waals surface area contributed by atoms with E-state index >= 15 is 0 Å². The molecule has 0 bridgehead atoms. The van der Waals surface area contributed by atoms with E-state index in [1.165, 1.54) is 18.9 Å². The van der Waals surface area contributed by atoms with Gasteiger partial charge in [0.05, 0.1) is 15.5 Å². The molecule has 1 aliphatic carbocycles. The average Bonchev–Trinajstić information content (AvgIpc) is 3.18. The van der Waals surface area contributed by atoms with E-state index in [4.69, 9.17) is 16.3 Å². The number of nitro groups is 1. The monoisotopic (exact) mass is 298 g/mol. The normalized spacial score (nSPS) is 16.1. The molecule has 0 spiro atoms. The van der Waals surface area contributed by atoms with Crippen molar-refractivity contribution in [1.82, 2.24) is 5.32 Å². The lowest BCUT2D eigenvalue weighted by atomic mass is 10.0. The highest BCUT2D eigenvalue weighted by atomic mass is 35.5. The van der Waals surface area contributed by atoms with Crippen molar-refractivity contribution in [2.24, 2.45) is 5.41 Å². The summed E-state index contributed by atoms with van der Waals surface area (Å²) >= 11 is 6.06. The molecule has 0 unspecified atom stereocenters. The van der Waals surface area contributed by atoms with E-state index in [1.54, 1.807) is 19.2 Å². The smallest absolute Gasteiger partial charge is 0.275 e. The maximum absolute atomic E-state index is 11.0. The fraction of sp³-hybridized carbons (Fsp3) is 0.571. The molecule has 0 aromatic heterocycles. The van der Waals surface area contributed by atoms with Crippen LogP contribution in [0, 0.1) is 15.5 Å². The molecule has 1 aromatic rings. The molecule has 110 valence electrons. The molecule has 0 amide bonds. The summed E-state index contributed by atoms with van der Waals surface area (Å²) in [4.78, 5) is 10.6. The third kappa shape index (κ3) is 3.69. The van der Waals surface area contributed by atoms with Gasteiger partial charge in [-0.1, -0.05) is 17.7 Å². The minimum absolute atomic E-state index is 0.0757. The first-order valence-electron chi connectivity index (χ1n) is 6.69. The Labute approximate surface area is 123 Å². The maximum Gasteiger partial charge on any atom is 0.275 e. The number of methoxy groups -OCH3 is 1. The second-order valence-electron chi connectivity index (χ2n) is 5.34. The lowest BCUT2D eigenvalue weighted by Gasteiger charge is -2.15. The van der Waals surface area contributed by atoms with Crippen LogP contribution in [-0.4, -0.2) is 25.2 Å². The van der Waals surface area contributed by atoms with E-state index < -0.39 is 0 Å². The molecule has 6 heteroatoms. The molecule has 1 N–H and O–H groups in total. The molecule has 0 saturated heterocycles. The van der Waals surface area contributed by atoms with Crippen molar-refractivity contribution < 1.29 is 9.66 Å². The second kappa shape index (κ2) is 6.52. The molecular weight excluding hydrogens is 280 g/mol. The number of hydrogen-bond acceptors (Lipinski definition) is 4. The Kier molecular flexibility index (Phi) is 4.96. The van der Waals surface area contributed by atoms with Gasteiger partial charge in [0.25, 0.3) is 5.69 Å². The first-order chi connectivity index (χ1) is 9.58. The molecule has 0 heterocycles. The van der Waals surface area contributed by atoms with E-state index in [0.29, 0.717) is 22.5 Å². The van der Waals surface area contributed by atoms with Crippen LogP contribution < -0.4 is 5.32 Å². The van der Waals surface area contributed by atoms with Crippen LogP contribution in [0.2, 0.25) is 5.02 Å². The summed E-state index contributed by atoms with van der Waals surface area (Å²) < 4.78 is 5.11. The Morgan fingerprint density at radius 1 is 1.50 bits per heavy atom. The third-order valence-corrected chi connectivity index (χ3v) is 4.24. The van der Waals surface area contributed by atoms with Crippen LogP contribution in [0.15, 0.2) is 18.2 Å². The van der Waals surface area contributed by atoms with Crippen LogP contribution in [-0.2, 0) is 11.3 Å². The van der Waals surface area contributed by atoms with Gasteiger partial charge in [0.2, 0.25) is 0 Å². The minimum atomic E-state index is -0.388. The zero-order chi connectivity index (χ0) is 14.6.